The summed E-state index contributed by atoms with van der Waals surface area (Å²) in [4.78, 5) is 20.4. The lowest BCUT2D eigenvalue weighted by Crippen LogP contribution is -2.15. The van der Waals surface area contributed by atoms with Crippen LogP contribution in [0.4, 0.5) is 0 Å². The smallest absolute Gasteiger partial charge is 0.227 e. The first kappa shape index (κ1) is 30.1. The predicted octanol–water partition coefficient (Wildman–Crippen LogP) is 11.8. The molecule has 0 saturated carbocycles. The van der Waals surface area contributed by atoms with Crippen molar-refractivity contribution in [1.82, 2.24) is 19.9 Å². The van der Waals surface area contributed by atoms with Crippen LogP contribution in [0, 0.1) is 0 Å². The minimum atomic E-state index is -0.241. The van der Waals surface area contributed by atoms with Gasteiger partial charge in [-0.3, -0.25) is 0 Å². The van der Waals surface area contributed by atoms with Gasteiger partial charge in [0.1, 0.15) is 5.52 Å². The van der Waals surface area contributed by atoms with E-state index < -0.39 is 0 Å². The molecule has 246 valence electrons. The molecule has 0 atom stereocenters. The second-order valence-corrected chi connectivity index (χ2v) is 13.9. The fourth-order valence-corrected chi connectivity index (χ4v) is 7.68. The zero-order valence-electron chi connectivity index (χ0n) is 28.7. The summed E-state index contributed by atoms with van der Waals surface area (Å²) in [5.74, 6) is 2.54. The molecule has 7 aromatic carbocycles. The third-order valence-electron chi connectivity index (χ3n) is 10.4. The highest BCUT2D eigenvalue weighted by Gasteiger charge is 2.38. The number of rotatable bonds is 5. The van der Waals surface area contributed by atoms with Crippen LogP contribution in [0.5, 0.6) is 0 Å². The van der Waals surface area contributed by atoms with Crippen LogP contribution >= 0.6 is 0 Å². The van der Waals surface area contributed by atoms with Gasteiger partial charge in [0.2, 0.25) is 5.89 Å². The van der Waals surface area contributed by atoms with Crippen molar-refractivity contribution < 1.29 is 4.42 Å². The largest absolute Gasteiger partial charge is 0.436 e. The summed E-state index contributed by atoms with van der Waals surface area (Å²) >= 11 is 0. The maximum Gasteiger partial charge on any atom is 0.227 e. The van der Waals surface area contributed by atoms with Gasteiger partial charge in [-0.05, 0) is 75.2 Å². The van der Waals surface area contributed by atoms with Gasteiger partial charge in [-0.15, -0.1) is 0 Å². The lowest BCUT2D eigenvalue weighted by atomic mass is 9.81. The van der Waals surface area contributed by atoms with Crippen LogP contribution in [-0.2, 0) is 5.41 Å². The predicted molar refractivity (Wildman–Crippen MR) is 210 cm³/mol. The number of fused-ring (bicyclic) bond motifs is 6. The molecule has 52 heavy (non-hydrogen) atoms. The molecule has 0 N–H and O–H groups in total. The molecule has 2 heterocycles. The molecule has 10 rings (SSSR count). The summed E-state index contributed by atoms with van der Waals surface area (Å²) in [6, 6.07) is 54.5. The SMILES string of the molecule is CC1(C)c2ccccc2-c2c(-c3nc(-c4ccccc4)nc(-c4ccccc4)n3)cc(-c3ccc4ccc5oc(-c6ccccc6)nc5c4c3)cc21. The molecule has 5 nitrogen and oxygen atoms in total. The van der Waals surface area contributed by atoms with Crippen LogP contribution in [0.15, 0.2) is 162 Å². The summed E-state index contributed by atoms with van der Waals surface area (Å²) < 4.78 is 6.27. The minimum Gasteiger partial charge on any atom is -0.436 e. The van der Waals surface area contributed by atoms with Crippen LogP contribution in [0.25, 0.3) is 89.7 Å². The molecule has 0 bridgehead atoms. The van der Waals surface area contributed by atoms with E-state index in [1.807, 2.05) is 72.8 Å². The molecule has 0 amide bonds. The Labute approximate surface area is 301 Å². The summed E-state index contributed by atoms with van der Waals surface area (Å²) in [5.41, 5.74) is 12.3. The van der Waals surface area contributed by atoms with Gasteiger partial charge < -0.3 is 4.42 Å². The van der Waals surface area contributed by atoms with E-state index in [2.05, 4.69) is 98.8 Å². The second-order valence-electron chi connectivity index (χ2n) is 13.9. The van der Waals surface area contributed by atoms with Crippen molar-refractivity contribution in [1.29, 1.82) is 0 Å². The van der Waals surface area contributed by atoms with Crippen molar-refractivity contribution in [3.05, 3.63) is 169 Å². The summed E-state index contributed by atoms with van der Waals surface area (Å²) in [6.07, 6.45) is 0. The van der Waals surface area contributed by atoms with Crippen LogP contribution < -0.4 is 0 Å². The first-order valence-electron chi connectivity index (χ1n) is 17.6. The van der Waals surface area contributed by atoms with E-state index in [-0.39, 0.29) is 5.41 Å². The minimum absolute atomic E-state index is 0.241. The number of aromatic nitrogens is 4. The Morgan fingerprint density at radius 3 is 1.73 bits per heavy atom. The number of hydrogen-bond acceptors (Lipinski definition) is 5. The van der Waals surface area contributed by atoms with Crippen molar-refractivity contribution in [2.75, 3.05) is 0 Å². The van der Waals surface area contributed by atoms with Gasteiger partial charge in [0.15, 0.2) is 23.1 Å². The molecular formula is C47H32N4O. The molecule has 9 aromatic rings. The van der Waals surface area contributed by atoms with Crippen LogP contribution in [0.2, 0.25) is 0 Å². The maximum absolute atomic E-state index is 6.27. The molecule has 1 aliphatic carbocycles. The Morgan fingerprint density at radius 2 is 1.04 bits per heavy atom. The number of benzene rings is 7. The fourth-order valence-electron chi connectivity index (χ4n) is 7.68. The van der Waals surface area contributed by atoms with Gasteiger partial charge in [-0.2, -0.15) is 0 Å². The third-order valence-corrected chi connectivity index (χ3v) is 10.4. The monoisotopic (exact) mass is 668 g/mol. The molecule has 0 fully saturated rings. The fraction of sp³-hybridized carbons (Fsp3) is 0.0638. The number of hydrogen-bond donors (Lipinski definition) is 0. The first-order chi connectivity index (χ1) is 25.5. The molecule has 5 heteroatoms. The Morgan fingerprint density at radius 1 is 0.442 bits per heavy atom. The van der Waals surface area contributed by atoms with Gasteiger partial charge in [-0.25, -0.2) is 19.9 Å². The number of oxazole rings is 1. The lowest BCUT2D eigenvalue weighted by Gasteiger charge is -2.23. The summed E-state index contributed by atoms with van der Waals surface area (Å²) in [6.45, 7) is 4.63. The van der Waals surface area contributed by atoms with E-state index in [1.165, 1.54) is 22.3 Å². The Balaban J connectivity index is 1.23. The maximum atomic E-state index is 6.27. The second kappa shape index (κ2) is 11.7. The van der Waals surface area contributed by atoms with E-state index in [9.17, 15) is 0 Å². The number of nitrogens with zero attached hydrogens (tertiary/aromatic N) is 4. The highest BCUT2D eigenvalue weighted by Crippen LogP contribution is 2.53. The molecule has 0 spiro atoms. The van der Waals surface area contributed by atoms with Crippen molar-refractivity contribution in [3.63, 3.8) is 0 Å². The van der Waals surface area contributed by atoms with Gasteiger partial charge in [0, 0.05) is 33.1 Å². The van der Waals surface area contributed by atoms with Gasteiger partial charge in [-0.1, -0.05) is 135 Å². The summed E-state index contributed by atoms with van der Waals surface area (Å²) in [7, 11) is 0. The van der Waals surface area contributed by atoms with Gasteiger partial charge in [0.25, 0.3) is 0 Å². The topological polar surface area (TPSA) is 64.7 Å². The van der Waals surface area contributed by atoms with Crippen molar-refractivity contribution in [3.8, 4) is 67.9 Å². The Kier molecular flexibility index (Phi) is 6.77. The quantitative estimate of drug-likeness (QED) is 0.183. The van der Waals surface area contributed by atoms with Crippen LogP contribution in [0.3, 0.4) is 0 Å². The average molecular weight is 669 g/mol. The van der Waals surface area contributed by atoms with E-state index in [1.54, 1.807) is 0 Å². The standard InChI is InChI=1S/C47H32N4O/c1-47(2)38-21-13-12-20-35(38)41-37(45-50-43(30-14-6-3-7-15-30)49-44(51-45)31-16-8-4-9-17-31)27-34(28-39(41)47)33-23-22-29-24-25-40-42(36(29)26-33)48-46(52-40)32-18-10-5-11-19-32/h3-28H,1-2H3. The lowest BCUT2D eigenvalue weighted by molar-refractivity contribution is 0.620. The Hall–Kier alpha value is -6.72. The van der Waals surface area contributed by atoms with Gasteiger partial charge in [0.05, 0.1) is 0 Å². The highest BCUT2D eigenvalue weighted by molar-refractivity contribution is 6.06. The zero-order valence-corrected chi connectivity index (χ0v) is 28.7. The molecule has 0 radical (unpaired) electrons. The van der Waals surface area contributed by atoms with Crippen molar-refractivity contribution >= 4 is 21.9 Å². The molecule has 0 aliphatic heterocycles. The average Bonchev–Trinajstić information content (AvgIpc) is 3.75. The third kappa shape index (κ3) is 4.85. The van der Waals surface area contributed by atoms with Crippen molar-refractivity contribution in [2.24, 2.45) is 0 Å². The van der Waals surface area contributed by atoms with E-state index >= 15 is 0 Å². The van der Waals surface area contributed by atoms with Crippen molar-refractivity contribution in [2.45, 2.75) is 19.3 Å². The van der Waals surface area contributed by atoms with E-state index in [4.69, 9.17) is 24.4 Å². The molecule has 1 aliphatic rings. The van der Waals surface area contributed by atoms with E-state index in [0.717, 1.165) is 55.3 Å². The molecule has 0 unspecified atom stereocenters. The van der Waals surface area contributed by atoms with E-state index in [0.29, 0.717) is 23.4 Å². The molecule has 0 saturated heterocycles. The normalized spacial score (nSPS) is 13.0. The summed E-state index contributed by atoms with van der Waals surface area (Å²) in [5, 5.41) is 2.15. The molecular weight excluding hydrogens is 637 g/mol. The zero-order chi connectivity index (χ0) is 34.8. The highest BCUT2D eigenvalue weighted by atomic mass is 16.3. The Bertz CT molecular complexity index is 2750. The van der Waals surface area contributed by atoms with Crippen LogP contribution in [-0.4, -0.2) is 19.9 Å². The van der Waals surface area contributed by atoms with Gasteiger partial charge >= 0.3 is 0 Å². The van der Waals surface area contributed by atoms with Crippen LogP contribution in [0.1, 0.15) is 25.0 Å². The molecule has 2 aromatic heterocycles. The first-order valence-corrected chi connectivity index (χ1v) is 17.6.